The third-order valence-electron chi connectivity index (χ3n) is 2.31. The Morgan fingerprint density at radius 2 is 1.90 bits per heavy atom. The summed E-state index contributed by atoms with van der Waals surface area (Å²) in [5.41, 5.74) is 10.9. The molecule has 0 fully saturated rings. The lowest BCUT2D eigenvalue weighted by molar-refractivity contribution is 0.102. The minimum absolute atomic E-state index is 0.0587. The molecule has 2 aromatic rings. The molecular weight excluding hydrogens is 260 g/mol. The van der Waals surface area contributed by atoms with Crippen LogP contribution in [0.15, 0.2) is 46.3 Å². The number of guanidine groups is 1. The summed E-state index contributed by atoms with van der Waals surface area (Å²) in [6.07, 6.45) is 1.30. The van der Waals surface area contributed by atoms with Crippen LogP contribution < -0.4 is 22.5 Å². The van der Waals surface area contributed by atoms with E-state index in [9.17, 15) is 9.59 Å². The zero-order valence-corrected chi connectivity index (χ0v) is 10.3. The van der Waals surface area contributed by atoms with E-state index in [4.69, 9.17) is 11.5 Å². The molecule has 8 heteroatoms. The lowest BCUT2D eigenvalue weighted by atomic mass is 10.2. The van der Waals surface area contributed by atoms with Crippen molar-refractivity contribution in [2.75, 3.05) is 5.32 Å². The van der Waals surface area contributed by atoms with Gasteiger partial charge in [-0.25, -0.2) is 14.8 Å². The normalized spacial score (nSPS) is 9.80. The van der Waals surface area contributed by atoms with E-state index < -0.39 is 5.69 Å². The second-order valence-corrected chi connectivity index (χ2v) is 3.83. The summed E-state index contributed by atoms with van der Waals surface area (Å²) in [6, 6.07) is 7.81. The maximum atomic E-state index is 11.9. The molecule has 1 amide bonds. The second-order valence-electron chi connectivity index (χ2n) is 3.83. The summed E-state index contributed by atoms with van der Waals surface area (Å²) < 4.78 is 0. The molecule has 0 radical (unpaired) electrons. The molecule has 6 N–H and O–H groups in total. The first-order valence-corrected chi connectivity index (χ1v) is 5.61. The van der Waals surface area contributed by atoms with Crippen molar-refractivity contribution in [2.24, 2.45) is 16.5 Å². The second kappa shape index (κ2) is 5.65. The van der Waals surface area contributed by atoms with Crippen LogP contribution in [0.1, 0.15) is 10.4 Å². The lowest BCUT2D eigenvalue weighted by Gasteiger charge is -2.04. The number of amides is 1. The highest BCUT2D eigenvalue weighted by Gasteiger charge is 2.06. The van der Waals surface area contributed by atoms with Gasteiger partial charge >= 0.3 is 5.69 Å². The Kier molecular flexibility index (Phi) is 3.75. The van der Waals surface area contributed by atoms with Crippen LogP contribution in [0, 0.1) is 0 Å². The van der Waals surface area contributed by atoms with Crippen LogP contribution in [0.2, 0.25) is 0 Å². The van der Waals surface area contributed by atoms with Crippen LogP contribution in [0.4, 0.5) is 11.5 Å². The van der Waals surface area contributed by atoms with E-state index in [2.05, 4.69) is 20.3 Å². The van der Waals surface area contributed by atoms with E-state index in [1.165, 1.54) is 12.3 Å². The highest BCUT2D eigenvalue weighted by molar-refractivity contribution is 6.03. The molecule has 1 aromatic carbocycles. The van der Waals surface area contributed by atoms with Crippen LogP contribution in [-0.2, 0) is 0 Å². The molecule has 1 aromatic heterocycles. The number of benzene rings is 1. The predicted molar refractivity (Wildman–Crippen MR) is 74.7 cm³/mol. The third kappa shape index (κ3) is 3.42. The number of nitrogens with one attached hydrogen (secondary N) is 2. The van der Waals surface area contributed by atoms with Crippen molar-refractivity contribution in [3.05, 3.63) is 52.6 Å². The number of nitrogens with zero attached hydrogens (tertiary/aromatic N) is 2. The first-order valence-electron chi connectivity index (χ1n) is 5.61. The summed E-state index contributed by atoms with van der Waals surface area (Å²) in [5, 5.41) is 2.54. The van der Waals surface area contributed by atoms with E-state index >= 15 is 0 Å². The van der Waals surface area contributed by atoms with Gasteiger partial charge in [-0.3, -0.25) is 9.78 Å². The minimum atomic E-state index is -0.536. The van der Waals surface area contributed by atoms with Crippen molar-refractivity contribution in [3.8, 4) is 0 Å². The van der Waals surface area contributed by atoms with Crippen LogP contribution in [-0.4, -0.2) is 21.8 Å². The van der Waals surface area contributed by atoms with E-state index in [0.717, 1.165) is 0 Å². The van der Waals surface area contributed by atoms with Gasteiger partial charge in [0.1, 0.15) is 5.82 Å². The fourth-order valence-electron chi connectivity index (χ4n) is 1.47. The number of carbonyl (C=O) groups excluding carboxylic acids is 1. The topological polar surface area (TPSA) is 139 Å². The quantitative estimate of drug-likeness (QED) is 0.457. The van der Waals surface area contributed by atoms with Crippen molar-refractivity contribution in [1.29, 1.82) is 0 Å². The van der Waals surface area contributed by atoms with Gasteiger partial charge in [0.05, 0.1) is 5.69 Å². The molecule has 0 spiro atoms. The Morgan fingerprint density at radius 1 is 1.20 bits per heavy atom. The largest absolute Gasteiger partial charge is 0.370 e. The summed E-state index contributed by atoms with van der Waals surface area (Å²) >= 11 is 0. The van der Waals surface area contributed by atoms with Crippen molar-refractivity contribution in [3.63, 3.8) is 0 Å². The van der Waals surface area contributed by atoms with Gasteiger partial charge in [0.25, 0.3) is 5.91 Å². The summed E-state index contributed by atoms with van der Waals surface area (Å²) in [4.78, 5) is 32.6. The minimum Gasteiger partial charge on any atom is -0.370 e. The maximum Gasteiger partial charge on any atom is 0.346 e. The Labute approximate surface area is 113 Å². The number of anilines is 1. The van der Waals surface area contributed by atoms with E-state index in [-0.39, 0.29) is 17.7 Å². The molecule has 0 bridgehead atoms. The highest BCUT2D eigenvalue weighted by atomic mass is 16.2. The number of hydrogen-bond acceptors (Lipinski definition) is 4. The summed E-state index contributed by atoms with van der Waals surface area (Å²) in [7, 11) is 0. The first kappa shape index (κ1) is 13.3. The number of nitrogens with two attached hydrogens (primary N) is 2. The molecule has 0 aliphatic carbocycles. The molecule has 2 rings (SSSR count). The average Bonchev–Trinajstić information content (AvgIpc) is 2.38. The summed E-state index contributed by atoms with van der Waals surface area (Å²) in [5.74, 6) is -0.164. The number of carbonyl (C=O) groups is 1. The molecular formula is C12H12N6O2. The average molecular weight is 272 g/mol. The number of aromatic amines is 1. The Balaban J connectivity index is 2.13. The van der Waals surface area contributed by atoms with Crippen LogP contribution in [0.25, 0.3) is 0 Å². The third-order valence-corrected chi connectivity index (χ3v) is 2.31. The molecule has 102 valence electrons. The number of rotatable bonds is 3. The Bertz CT molecular complexity index is 700. The predicted octanol–water partition coefficient (Wildman–Crippen LogP) is -0.0729. The molecule has 0 unspecified atom stereocenters. The number of hydrogen-bond donors (Lipinski definition) is 4. The van der Waals surface area contributed by atoms with Crippen LogP contribution in [0.3, 0.4) is 0 Å². The number of aromatic nitrogens is 2. The van der Waals surface area contributed by atoms with Crippen molar-refractivity contribution >= 4 is 23.4 Å². The molecule has 0 aliphatic heterocycles. The highest BCUT2D eigenvalue weighted by Crippen LogP contribution is 2.13. The van der Waals surface area contributed by atoms with Gasteiger partial charge in [0.15, 0.2) is 5.96 Å². The van der Waals surface area contributed by atoms with E-state index in [0.29, 0.717) is 11.3 Å². The van der Waals surface area contributed by atoms with Gasteiger partial charge in [-0.05, 0) is 30.3 Å². The molecule has 0 aliphatic rings. The Morgan fingerprint density at radius 3 is 2.50 bits per heavy atom. The van der Waals surface area contributed by atoms with Gasteiger partial charge in [-0.15, -0.1) is 0 Å². The smallest absolute Gasteiger partial charge is 0.346 e. The zero-order valence-electron chi connectivity index (χ0n) is 10.3. The molecule has 0 saturated carbocycles. The van der Waals surface area contributed by atoms with Gasteiger partial charge in [0, 0.05) is 11.8 Å². The lowest BCUT2D eigenvalue weighted by Crippen LogP contribution is -2.21. The fraction of sp³-hybridized carbons (Fsp3) is 0. The van der Waals surface area contributed by atoms with Crippen molar-refractivity contribution in [2.45, 2.75) is 0 Å². The molecule has 0 atom stereocenters. The van der Waals surface area contributed by atoms with Crippen molar-refractivity contribution in [1.82, 2.24) is 9.97 Å². The summed E-state index contributed by atoms with van der Waals surface area (Å²) in [6.45, 7) is 0. The maximum absolute atomic E-state index is 11.9. The zero-order chi connectivity index (χ0) is 14.5. The first-order chi connectivity index (χ1) is 9.54. The monoisotopic (exact) mass is 272 g/mol. The number of aliphatic imine (C=N–C) groups is 1. The van der Waals surface area contributed by atoms with Gasteiger partial charge in [-0.1, -0.05) is 0 Å². The van der Waals surface area contributed by atoms with Crippen LogP contribution >= 0.6 is 0 Å². The SMILES string of the molecule is NC(N)=Nc1ccc(C(=O)Nc2ccnc(=O)[nH]2)cc1. The molecule has 8 nitrogen and oxygen atoms in total. The molecule has 0 saturated heterocycles. The van der Waals surface area contributed by atoms with Gasteiger partial charge in [-0.2, -0.15) is 0 Å². The van der Waals surface area contributed by atoms with E-state index in [1.54, 1.807) is 24.3 Å². The number of H-pyrrole nitrogens is 1. The Hall–Kier alpha value is -3.16. The van der Waals surface area contributed by atoms with Crippen LogP contribution in [0.5, 0.6) is 0 Å². The molecule has 1 heterocycles. The standard InChI is InChI=1S/C12H12N6O2/c13-11(14)16-8-3-1-7(2-4-8)10(19)17-9-5-6-15-12(20)18-9/h1-6H,(H4,13,14,16)(H2,15,17,18,19,20). The van der Waals surface area contributed by atoms with Gasteiger partial charge < -0.3 is 16.8 Å². The van der Waals surface area contributed by atoms with E-state index in [1.807, 2.05) is 0 Å². The molecule has 20 heavy (non-hydrogen) atoms. The van der Waals surface area contributed by atoms with Crippen molar-refractivity contribution < 1.29 is 4.79 Å². The van der Waals surface area contributed by atoms with Gasteiger partial charge in [0.2, 0.25) is 0 Å². The fourth-order valence-corrected chi connectivity index (χ4v) is 1.47.